The van der Waals surface area contributed by atoms with Gasteiger partial charge in [0.25, 0.3) is 0 Å². The Morgan fingerprint density at radius 3 is 2.09 bits per heavy atom. The van der Waals surface area contributed by atoms with Crippen molar-refractivity contribution in [2.45, 2.75) is 38.1 Å². The van der Waals surface area contributed by atoms with Crippen LogP contribution in [0, 0.1) is 0 Å². The molecule has 0 saturated heterocycles. The lowest BCUT2D eigenvalue weighted by Gasteiger charge is -2.34. The number of carboxylic acid groups (broad SMARTS) is 1. The molecule has 188 valence electrons. The number of aliphatic carboxylic acids is 1. The fraction of sp³-hybridized carbons (Fsp3) is 0.444. The van der Waals surface area contributed by atoms with Gasteiger partial charge in [0.05, 0.1) is 0 Å². The molecule has 0 saturated carbocycles. The summed E-state index contributed by atoms with van der Waals surface area (Å²) < 4.78 is 5.65. The number of carbonyl (C=O) groups is 3. The summed E-state index contributed by atoms with van der Waals surface area (Å²) in [6.07, 6.45) is 0.285. The van der Waals surface area contributed by atoms with Gasteiger partial charge in [0, 0.05) is 19.0 Å². The number of fused-ring (bicyclic) bond motifs is 3. The molecule has 0 heterocycles. The Hall–Kier alpha value is -3.39. The van der Waals surface area contributed by atoms with Gasteiger partial charge in [0.2, 0.25) is 5.91 Å². The molecule has 0 aromatic heterocycles. The highest BCUT2D eigenvalue weighted by Crippen LogP contribution is 2.44. The number of hydrogen-bond acceptors (Lipinski definition) is 5. The number of nitrogens with one attached hydrogen (secondary N) is 1. The minimum Gasteiger partial charge on any atom is -0.480 e. The Morgan fingerprint density at radius 2 is 1.57 bits per heavy atom. The molecule has 0 spiro atoms. The van der Waals surface area contributed by atoms with Crippen LogP contribution < -0.4 is 5.32 Å². The van der Waals surface area contributed by atoms with E-state index in [1.165, 1.54) is 4.90 Å². The summed E-state index contributed by atoms with van der Waals surface area (Å²) in [5.41, 5.74) is 3.19. The largest absolute Gasteiger partial charge is 0.480 e. The van der Waals surface area contributed by atoms with E-state index in [9.17, 15) is 19.5 Å². The molecule has 0 radical (unpaired) electrons. The van der Waals surface area contributed by atoms with Crippen molar-refractivity contribution in [1.82, 2.24) is 15.1 Å². The number of rotatable bonds is 11. The summed E-state index contributed by atoms with van der Waals surface area (Å²) in [4.78, 5) is 40.9. The van der Waals surface area contributed by atoms with Gasteiger partial charge in [-0.2, -0.15) is 0 Å². The van der Waals surface area contributed by atoms with Crippen LogP contribution in [-0.4, -0.2) is 78.8 Å². The summed E-state index contributed by atoms with van der Waals surface area (Å²) in [7, 11) is 3.70. The molecule has 35 heavy (non-hydrogen) atoms. The second-order valence-electron chi connectivity index (χ2n) is 9.46. The van der Waals surface area contributed by atoms with E-state index in [1.807, 2.05) is 62.3 Å². The van der Waals surface area contributed by atoms with Crippen LogP contribution in [0.5, 0.6) is 0 Å². The summed E-state index contributed by atoms with van der Waals surface area (Å²) in [5, 5.41) is 12.1. The molecule has 1 unspecified atom stereocenters. The fourth-order valence-corrected chi connectivity index (χ4v) is 4.67. The maximum Gasteiger partial charge on any atom is 0.408 e. The molecule has 1 atom stereocenters. The zero-order chi connectivity index (χ0) is 25.6. The van der Waals surface area contributed by atoms with Gasteiger partial charge in [-0.3, -0.25) is 9.59 Å². The molecule has 1 aliphatic rings. The quantitative estimate of drug-likeness (QED) is 0.509. The highest BCUT2D eigenvalue weighted by molar-refractivity contribution is 5.91. The highest BCUT2D eigenvalue weighted by atomic mass is 16.5. The third-order valence-electron chi connectivity index (χ3n) is 6.37. The first-order chi connectivity index (χ1) is 16.7. The minimum absolute atomic E-state index is 0.0927. The Bertz CT molecular complexity index is 1020. The summed E-state index contributed by atoms with van der Waals surface area (Å²) in [5.74, 6) is -1.63. The summed E-state index contributed by atoms with van der Waals surface area (Å²) in [6.45, 7) is 3.99. The molecule has 1 aliphatic carbocycles. The van der Waals surface area contributed by atoms with Gasteiger partial charge in [-0.05, 0) is 49.7 Å². The van der Waals surface area contributed by atoms with Crippen LogP contribution in [0.25, 0.3) is 11.1 Å². The zero-order valence-corrected chi connectivity index (χ0v) is 20.9. The van der Waals surface area contributed by atoms with Crippen LogP contribution in [0.4, 0.5) is 4.79 Å². The van der Waals surface area contributed by atoms with E-state index in [1.54, 1.807) is 6.92 Å². The van der Waals surface area contributed by atoms with E-state index in [0.29, 0.717) is 19.4 Å². The summed E-state index contributed by atoms with van der Waals surface area (Å²) in [6, 6.07) is 16.1. The smallest absolute Gasteiger partial charge is 0.408 e. The lowest BCUT2D eigenvalue weighted by molar-refractivity contribution is -0.147. The Morgan fingerprint density at radius 1 is 1.00 bits per heavy atom. The Labute approximate surface area is 206 Å². The molecule has 0 fully saturated rings. The maximum atomic E-state index is 13.4. The summed E-state index contributed by atoms with van der Waals surface area (Å²) >= 11 is 0. The molecule has 8 heteroatoms. The van der Waals surface area contributed by atoms with Crippen LogP contribution in [0.2, 0.25) is 0 Å². The van der Waals surface area contributed by atoms with E-state index in [0.717, 1.165) is 22.3 Å². The van der Waals surface area contributed by atoms with Crippen molar-refractivity contribution in [3.05, 3.63) is 59.7 Å². The number of ether oxygens (including phenoxy) is 1. The standard InChI is InChI=1S/C27H35N3O5/c1-5-14-27(2,25(33)30(17-24(31)32)16-15-29(3)4)28-26(34)35-18-23-21-12-8-6-10-19(21)20-11-7-9-13-22(20)23/h6-13,23H,5,14-18H2,1-4H3,(H,28,34)(H,31,32). The molecule has 3 rings (SSSR count). The molecule has 2 amide bonds. The number of alkyl carbamates (subject to hydrolysis) is 1. The van der Waals surface area contributed by atoms with E-state index in [2.05, 4.69) is 17.4 Å². The van der Waals surface area contributed by atoms with Crippen molar-refractivity contribution in [3.8, 4) is 11.1 Å². The number of nitrogens with zero attached hydrogens (tertiary/aromatic N) is 2. The first-order valence-electron chi connectivity index (χ1n) is 12.0. The van der Waals surface area contributed by atoms with Crippen LogP contribution in [0.1, 0.15) is 43.7 Å². The van der Waals surface area contributed by atoms with Crippen LogP contribution in [0.15, 0.2) is 48.5 Å². The Kier molecular flexibility index (Phi) is 8.51. The molecule has 0 aliphatic heterocycles. The molecular weight excluding hydrogens is 446 g/mol. The topological polar surface area (TPSA) is 99.2 Å². The monoisotopic (exact) mass is 481 g/mol. The van der Waals surface area contributed by atoms with Gasteiger partial charge >= 0.3 is 12.1 Å². The van der Waals surface area contributed by atoms with E-state index >= 15 is 0 Å². The van der Waals surface area contributed by atoms with Crippen molar-refractivity contribution in [1.29, 1.82) is 0 Å². The molecule has 2 N–H and O–H groups in total. The van der Waals surface area contributed by atoms with Crippen LogP contribution in [0.3, 0.4) is 0 Å². The molecule has 0 bridgehead atoms. The van der Waals surface area contributed by atoms with Crippen LogP contribution in [-0.2, 0) is 14.3 Å². The van der Waals surface area contributed by atoms with Crippen molar-refractivity contribution in [3.63, 3.8) is 0 Å². The number of carboxylic acids is 1. The lowest BCUT2D eigenvalue weighted by atomic mass is 9.94. The first kappa shape index (κ1) is 26.2. The number of carbonyl (C=O) groups excluding carboxylic acids is 2. The van der Waals surface area contributed by atoms with E-state index < -0.39 is 30.1 Å². The second kappa shape index (κ2) is 11.4. The predicted octanol–water partition coefficient (Wildman–Crippen LogP) is 3.56. The van der Waals surface area contributed by atoms with Crippen molar-refractivity contribution < 1.29 is 24.2 Å². The van der Waals surface area contributed by atoms with Crippen LogP contribution >= 0.6 is 0 Å². The van der Waals surface area contributed by atoms with Gasteiger partial charge in [-0.25, -0.2) is 4.79 Å². The average molecular weight is 482 g/mol. The molecular formula is C27H35N3O5. The van der Waals surface area contributed by atoms with Crippen molar-refractivity contribution in [2.24, 2.45) is 0 Å². The maximum absolute atomic E-state index is 13.4. The molecule has 2 aromatic rings. The lowest BCUT2D eigenvalue weighted by Crippen LogP contribution is -2.59. The second-order valence-corrected chi connectivity index (χ2v) is 9.46. The highest BCUT2D eigenvalue weighted by Gasteiger charge is 2.39. The van der Waals surface area contributed by atoms with Gasteiger partial charge in [0.15, 0.2) is 0 Å². The van der Waals surface area contributed by atoms with Crippen molar-refractivity contribution >= 4 is 18.0 Å². The number of amides is 2. The predicted molar refractivity (Wildman–Crippen MR) is 134 cm³/mol. The molecule has 2 aromatic carbocycles. The van der Waals surface area contributed by atoms with Gasteiger partial charge in [-0.1, -0.05) is 61.9 Å². The van der Waals surface area contributed by atoms with Gasteiger partial charge in [-0.15, -0.1) is 0 Å². The van der Waals surface area contributed by atoms with E-state index in [-0.39, 0.29) is 19.1 Å². The first-order valence-corrected chi connectivity index (χ1v) is 12.0. The zero-order valence-electron chi connectivity index (χ0n) is 20.9. The van der Waals surface area contributed by atoms with E-state index in [4.69, 9.17) is 4.74 Å². The fourth-order valence-electron chi connectivity index (χ4n) is 4.67. The average Bonchev–Trinajstić information content (AvgIpc) is 3.13. The van der Waals surface area contributed by atoms with Gasteiger partial charge in [0.1, 0.15) is 18.7 Å². The molecule has 8 nitrogen and oxygen atoms in total. The normalized spacial score (nSPS) is 14.1. The number of hydrogen-bond donors (Lipinski definition) is 2. The third kappa shape index (κ3) is 6.19. The number of likely N-dealkylation sites (N-methyl/N-ethyl adjacent to an activating group) is 1. The third-order valence-corrected chi connectivity index (χ3v) is 6.37. The van der Waals surface area contributed by atoms with Gasteiger partial charge < -0.3 is 25.0 Å². The van der Waals surface area contributed by atoms with Crippen molar-refractivity contribution in [2.75, 3.05) is 40.3 Å². The SMILES string of the molecule is CCCC(C)(NC(=O)OCC1c2ccccc2-c2ccccc21)C(=O)N(CCN(C)C)CC(=O)O. The minimum atomic E-state index is -1.28. The Balaban J connectivity index is 1.72. The number of benzene rings is 2.